The van der Waals surface area contributed by atoms with Crippen LogP contribution in [0.2, 0.25) is 0 Å². The Balaban J connectivity index is 2.09. The largest absolute Gasteiger partial charge is 0.399 e. The summed E-state index contributed by atoms with van der Waals surface area (Å²) < 4.78 is 0. The number of benzene rings is 2. The molecule has 0 radical (unpaired) electrons. The van der Waals surface area contributed by atoms with Gasteiger partial charge >= 0.3 is 0 Å². The molecule has 0 aliphatic carbocycles. The number of rotatable bonds is 3. The van der Waals surface area contributed by atoms with Crippen LogP contribution in [-0.2, 0) is 0 Å². The van der Waals surface area contributed by atoms with Crippen molar-refractivity contribution in [1.29, 1.82) is 5.26 Å². The van der Waals surface area contributed by atoms with Crippen LogP contribution in [0.5, 0.6) is 0 Å². The maximum Gasteiger partial charge on any atom is 0.226 e. The van der Waals surface area contributed by atoms with Crippen molar-refractivity contribution in [3.8, 4) is 6.19 Å². The van der Waals surface area contributed by atoms with Gasteiger partial charge in [-0.15, -0.1) is 5.11 Å². The van der Waals surface area contributed by atoms with E-state index in [-0.39, 0.29) is 0 Å². The van der Waals surface area contributed by atoms with Crippen LogP contribution in [0.15, 0.2) is 58.8 Å². The molecule has 0 saturated heterocycles. The number of nitrogen functional groups attached to an aromatic ring is 1. The van der Waals surface area contributed by atoms with Crippen LogP contribution >= 0.6 is 0 Å². The molecule has 0 fully saturated rings. The zero-order valence-corrected chi connectivity index (χ0v) is 10.2. The lowest BCUT2D eigenvalue weighted by molar-refractivity contribution is 1.23. The Labute approximate surface area is 111 Å². The molecule has 2 aromatic rings. The summed E-state index contributed by atoms with van der Waals surface area (Å²) in [5, 5.41) is 15.3. The van der Waals surface area contributed by atoms with Gasteiger partial charge in [0.25, 0.3) is 0 Å². The summed E-state index contributed by atoms with van der Waals surface area (Å²) in [5.74, 6) is 0. The van der Waals surface area contributed by atoms with Gasteiger partial charge in [-0.3, -0.25) is 0 Å². The second-order valence-corrected chi connectivity index (χ2v) is 3.89. The number of hydrogen-bond donors (Lipinski definition) is 1. The SMILES string of the molecule is N#CN=Nc1ccc(/C=C/c2ccc(N)cc2)cc1. The fraction of sp³-hybridized carbons (Fsp3) is 0. The molecule has 4 heteroatoms. The average Bonchev–Trinajstić information content (AvgIpc) is 2.46. The van der Waals surface area contributed by atoms with Gasteiger partial charge in [0.2, 0.25) is 6.19 Å². The van der Waals surface area contributed by atoms with E-state index in [1.165, 1.54) is 0 Å². The van der Waals surface area contributed by atoms with E-state index < -0.39 is 0 Å². The summed E-state index contributed by atoms with van der Waals surface area (Å²) in [6, 6.07) is 15.1. The highest BCUT2D eigenvalue weighted by atomic mass is 15.1. The van der Waals surface area contributed by atoms with E-state index in [0.29, 0.717) is 5.69 Å². The molecular weight excluding hydrogens is 236 g/mol. The van der Waals surface area contributed by atoms with Crippen molar-refractivity contribution in [3.63, 3.8) is 0 Å². The van der Waals surface area contributed by atoms with Gasteiger partial charge in [-0.1, -0.05) is 41.5 Å². The van der Waals surface area contributed by atoms with E-state index >= 15 is 0 Å². The molecule has 0 saturated carbocycles. The third-order valence-corrected chi connectivity index (χ3v) is 2.51. The Morgan fingerprint density at radius 3 is 1.95 bits per heavy atom. The smallest absolute Gasteiger partial charge is 0.226 e. The quantitative estimate of drug-likeness (QED) is 0.385. The van der Waals surface area contributed by atoms with Crippen LogP contribution in [0.4, 0.5) is 11.4 Å². The molecule has 0 amide bonds. The Morgan fingerprint density at radius 1 is 0.895 bits per heavy atom. The second kappa shape index (κ2) is 6.12. The van der Waals surface area contributed by atoms with Crippen LogP contribution in [0, 0.1) is 11.5 Å². The van der Waals surface area contributed by atoms with E-state index in [2.05, 4.69) is 10.2 Å². The van der Waals surface area contributed by atoms with Gasteiger partial charge in [-0.2, -0.15) is 5.26 Å². The molecule has 0 bridgehead atoms. The lowest BCUT2D eigenvalue weighted by Gasteiger charge is -1.96. The van der Waals surface area contributed by atoms with Crippen LogP contribution in [0.1, 0.15) is 11.1 Å². The molecule has 0 aliphatic rings. The molecular formula is C15H12N4. The number of nitrogens with zero attached hydrogens (tertiary/aromatic N) is 3. The molecule has 0 heterocycles. The molecule has 4 nitrogen and oxygen atoms in total. The Morgan fingerprint density at radius 2 is 1.42 bits per heavy atom. The van der Waals surface area contributed by atoms with Gasteiger partial charge in [-0.25, -0.2) is 0 Å². The summed E-state index contributed by atoms with van der Waals surface area (Å²) in [5.41, 5.74) is 9.17. The van der Waals surface area contributed by atoms with Gasteiger partial charge in [-0.05, 0) is 35.4 Å². The van der Waals surface area contributed by atoms with E-state index in [0.717, 1.165) is 16.8 Å². The molecule has 0 aliphatic heterocycles. The number of nitrogens with two attached hydrogens (primary N) is 1. The van der Waals surface area contributed by atoms with E-state index in [4.69, 9.17) is 11.0 Å². The predicted octanol–water partition coefficient (Wildman–Crippen LogP) is 4.00. The van der Waals surface area contributed by atoms with Gasteiger partial charge in [0, 0.05) is 5.69 Å². The fourth-order valence-corrected chi connectivity index (χ4v) is 1.53. The highest BCUT2D eigenvalue weighted by molar-refractivity contribution is 5.70. The lowest BCUT2D eigenvalue weighted by Crippen LogP contribution is -1.82. The van der Waals surface area contributed by atoms with Crippen molar-refractivity contribution < 1.29 is 0 Å². The Bertz CT molecular complexity index is 631. The minimum Gasteiger partial charge on any atom is -0.399 e. The van der Waals surface area contributed by atoms with Crippen LogP contribution in [0.25, 0.3) is 12.2 Å². The topological polar surface area (TPSA) is 74.5 Å². The Hall–Kier alpha value is -2.93. The van der Waals surface area contributed by atoms with Crippen molar-refractivity contribution in [2.75, 3.05) is 5.73 Å². The van der Waals surface area contributed by atoms with Gasteiger partial charge < -0.3 is 5.73 Å². The number of anilines is 1. The number of hydrogen-bond acceptors (Lipinski definition) is 4. The van der Waals surface area contributed by atoms with Gasteiger partial charge in [0.05, 0.1) is 5.69 Å². The van der Waals surface area contributed by atoms with E-state index in [9.17, 15) is 0 Å². The van der Waals surface area contributed by atoms with Gasteiger partial charge in [0.1, 0.15) is 0 Å². The first kappa shape index (κ1) is 12.5. The van der Waals surface area contributed by atoms with Crippen LogP contribution in [0.3, 0.4) is 0 Å². The Kier molecular flexibility index (Phi) is 4.04. The number of nitriles is 1. The molecule has 0 spiro atoms. The third-order valence-electron chi connectivity index (χ3n) is 2.51. The summed E-state index contributed by atoms with van der Waals surface area (Å²) in [4.78, 5) is 0. The summed E-state index contributed by atoms with van der Waals surface area (Å²) in [6.45, 7) is 0. The lowest BCUT2D eigenvalue weighted by atomic mass is 10.1. The van der Waals surface area contributed by atoms with Crippen molar-refractivity contribution in [1.82, 2.24) is 0 Å². The summed E-state index contributed by atoms with van der Waals surface area (Å²) in [6.07, 6.45) is 5.62. The molecule has 2 N–H and O–H groups in total. The molecule has 2 rings (SSSR count). The maximum atomic E-state index is 8.28. The standard InChI is InChI=1S/C15H12N4/c16-11-18-19-15-9-5-13(6-10-15)2-1-12-3-7-14(17)8-4-12/h1-10H,17H2/b2-1+,19-18?. The van der Waals surface area contributed by atoms with E-state index in [1.54, 1.807) is 6.19 Å². The highest BCUT2D eigenvalue weighted by Gasteiger charge is 1.91. The zero-order chi connectivity index (χ0) is 13.5. The molecule has 0 atom stereocenters. The molecule has 19 heavy (non-hydrogen) atoms. The van der Waals surface area contributed by atoms with Crippen LogP contribution < -0.4 is 5.73 Å². The maximum absolute atomic E-state index is 8.28. The summed E-state index contributed by atoms with van der Waals surface area (Å²) in [7, 11) is 0. The molecule has 0 aromatic heterocycles. The predicted molar refractivity (Wildman–Crippen MR) is 76.4 cm³/mol. The minimum absolute atomic E-state index is 0.659. The first-order chi connectivity index (χ1) is 9.28. The number of azo groups is 1. The molecule has 92 valence electrons. The van der Waals surface area contributed by atoms with Gasteiger partial charge in [0.15, 0.2) is 0 Å². The van der Waals surface area contributed by atoms with Crippen molar-refractivity contribution in [2.24, 2.45) is 10.2 Å². The van der Waals surface area contributed by atoms with Crippen molar-refractivity contribution in [2.45, 2.75) is 0 Å². The summed E-state index contributed by atoms with van der Waals surface area (Å²) >= 11 is 0. The monoisotopic (exact) mass is 248 g/mol. The fourth-order valence-electron chi connectivity index (χ4n) is 1.53. The third kappa shape index (κ3) is 3.79. The normalized spacial score (nSPS) is 10.9. The van der Waals surface area contributed by atoms with Crippen molar-refractivity contribution in [3.05, 3.63) is 59.7 Å². The second-order valence-electron chi connectivity index (χ2n) is 3.89. The minimum atomic E-state index is 0.659. The van der Waals surface area contributed by atoms with Crippen molar-refractivity contribution >= 4 is 23.5 Å². The van der Waals surface area contributed by atoms with Crippen LogP contribution in [-0.4, -0.2) is 0 Å². The average molecular weight is 248 g/mol. The highest BCUT2D eigenvalue weighted by Crippen LogP contribution is 2.15. The first-order valence-corrected chi connectivity index (χ1v) is 5.71. The first-order valence-electron chi connectivity index (χ1n) is 5.71. The van der Waals surface area contributed by atoms with E-state index in [1.807, 2.05) is 60.7 Å². The molecule has 0 unspecified atom stereocenters. The molecule has 2 aromatic carbocycles. The zero-order valence-electron chi connectivity index (χ0n) is 10.2.